The van der Waals surface area contributed by atoms with Crippen molar-refractivity contribution in [3.05, 3.63) is 36.4 Å². The third kappa shape index (κ3) is 1.50. The maximum absolute atomic E-state index is 12.3. The lowest BCUT2D eigenvalue weighted by atomic mass is 10.1. The van der Waals surface area contributed by atoms with Crippen LogP contribution in [-0.2, 0) is 4.79 Å². The van der Waals surface area contributed by atoms with Gasteiger partial charge < -0.3 is 9.97 Å². The number of hydrogen-bond donors (Lipinski definition) is 2. The number of aromatic amines is 2. The molecule has 4 rings (SSSR count). The molecule has 2 fully saturated rings. The van der Waals surface area contributed by atoms with Crippen LogP contribution in [-0.4, -0.2) is 25.7 Å². The van der Waals surface area contributed by atoms with Gasteiger partial charge in [-0.2, -0.15) is 0 Å². The second kappa shape index (κ2) is 3.54. The molecule has 0 aromatic carbocycles. The zero-order chi connectivity index (χ0) is 12.1. The molecule has 2 aromatic heterocycles. The Kier molecular flexibility index (Phi) is 1.98. The summed E-state index contributed by atoms with van der Waals surface area (Å²) in [5, 5.41) is 0. The minimum Gasteiger partial charge on any atom is -0.348 e. The number of carbonyl (C=O) groups is 1. The lowest BCUT2D eigenvalue weighted by Gasteiger charge is -1.97. The Morgan fingerprint density at radius 1 is 1.00 bits per heavy atom. The Labute approximate surface area is 104 Å². The predicted molar refractivity (Wildman–Crippen MR) is 63.9 cm³/mol. The van der Waals surface area contributed by atoms with E-state index in [0.29, 0.717) is 17.6 Å². The number of Topliss-reactive ketones (excluding diaryl/α,β-unsaturated/α-hetero) is 1. The summed E-state index contributed by atoms with van der Waals surface area (Å²) in [7, 11) is 0. The van der Waals surface area contributed by atoms with E-state index >= 15 is 0 Å². The zero-order valence-electron chi connectivity index (χ0n) is 9.84. The molecule has 0 spiro atoms. The Hall–Kier alpha value is -1.91. The molecule has 4 atom stereocenters. The van der Waals surface area contributed by atoms with Crippen LogP contribution in [0.5, 0.6) is 0 Å². The van der Waals surface area contributed by atoms with E-state index in [-0.39, 0.29) is 11.8 Å². The number of nitrogens with one attached hydrogen (secondary N) is 2. The summed E-state index contributed by atoms with van der Waals surface area (Å²) in [6.45, 7) is 0. The highest BCUT2D eigenvalue weighted by Gasteiger charge is 2.54. The summed E-state index contributed by atoms with van der Waals surface area (Å²) >= 11 is 0. The van der Waals surface area contributed by atoms with Crippen LogP contribution < -0.4 is 0 Å². The number of hydrogen-bond acceptors (Lipinski definition) is 3. The monoisotopic (exact) mass is 242 g/mol. The molecule has 18 heavy (non-hydrogen) atoms. The van der Waals surface area contributed by atoms with E-state index < -0.39 is 0 Å². The van der Waals surface area contributed by atoms with E-state index in [1.807, 2.05) is 12.4 Å². The number of nitrogens with zero attached hydrogens (tertiary/aromatic N) is 2. The summed E-state index contributed by atoms with van der Waals surface area (Å²) in [6, 6.07) is 0. The fourth-order valence-corrected chi connectivity index (χ4v) is 2.92. The molecule has 0 aliphatic heterocycles. The smallest absolute Gasteiger partial charge is 0.140 e. The first-order chi connectivity index (χ1) is 8.84. The van der Waals surface area contributed by atoms with Crippen LogP contribution >= 0.6 is 0 Å². The van der Waals surface area contributed by atoms with Gasteiger partial charge in [0.05, 0.1) is 12.7 Å². The average molecular weight is 242 g/mol. The van der Waals surface area contributed by atoms with Gasteiger partial charge in [-0.15, -0.1) is 0 Å². The summed E-state index contributed by atoms with van der Waals surface area (Å²) in [5.74, 6) is 1.60. The first-order valence-corrected chi connectivity index (χ1v) is 6.35. The van der Waals surface area contributed by atoms with Crippen LogP contribution in [0, 0.1) is 11.8 Å². The quantitative estimate of drug-likeness (QED) is 0.855. The lowest BCUT2D eigenvalue weighted by molar-refractivity contribution is -0.121. The summed E-state index contributed by atoms with van der Waals surface area (Å²) < 4.78 is 0. The fraction of sp³-hybridized carbons (Fsp3) is 0.462. The van der Waals surface area contributed by atoms with Gasteiger partial charge in [-0.25, -0.2) is 9.97 Å². The van der Waals surface area contributed by atoms with Crippen LogP contribution in [0.4, 0.5) is 0 Å². The largest absolute Gasteiger partial charge is 0.348 e. The summed E-state index contributed by atoms with van der Waals surface area (Å²) in [4.78, 5) is 26.5. The van der Waals surface area contributed by atoms with Crippen LogP contribution in [0.1, 0.15) is 36.1 Å². The molecular weight excluding hydrogens is 228 g/mol. The maximum Gasteiger partial charge on any atom is 0.140 e. The van der Waals surface area contributed by atoms with E-state index in [1.54, 1.807) is 12.7 Å². The van der Waals surface area contributed by atoms with Crippen molar-refractivity contribution in [2.24, 2.45) is 11.8 Å². The number of H-pyrrole nitrogens is 2. The van der Waals surface area contributed by atoms with Gasteiger partial charge >= 0.3 is 0 Å². The average Bonchev–Trinajstić information content (AvgIpc) is 3.23. The third-order valence-electron chi connectivity index (χ3n) is 4.15. The van der Waals surface area contributed by atoms with Gasteiger partial charge in [0.25, 0.3) is 0 Å². The molecule has 5 nitrogen and oxygen atoms in total. The third-order valence-corrected chi connectivity index (χ3v) is 4.15. The standard InChI is InChI=1S/C13H14N4O/c18-13(9-1-7(9)11-3-14-5-16-11)10-2-8(10)12-4-15-6-17-12/h3-10H,1-2H2,(H,14,16)(H,15,17). The van der Waals surface area contributed by atoms with E-state index in [1.165, 1.54) is 0 Å². The molecule has 0 saturated heterocycles. The van der Waals surface area contributed by atoms with Gasteiger partial charge in [0.2, 0.25) is 0 Å². The van der Waals surface area contributed by atoms with Crippen molar-refractivity contribution in [3.63, 3.8) is 0 Å². The van der Waals surface area contributed by atoms with E-state index in [9.17, 15) is 4.79 Å². The second-order valence-electron chi connectivity index (χ2n) is 5.31. The zero-order valence-corrected chi connectivity index (χ0v) is 9.84. The van der Waals surface area contributed by atoms with Gasteiger partial charge in [-0.1, -0.05) is 0 Å². The van der Waals surface area contributed by atoms with Crippen LogP contribution in [0.25, 0.3) is 0 Å². The summed E-state index contributed by atoms with van der Waals surface area (Å²) in [6.07, 6.45) is 8.98. The molecule has 0 bridgehead atoms. The van der Waals surface area contributed by atoms with Crippen LogP contribution in [0.2, 0.25) is 0 Å². The Balaban J connectivity index is 1.42. The second-order valence-corrected chi connectivity index (χ2v) is 5.31. The van der Waals surface area contributed by atoms with Crippen molar-refractivity contribution < 1.29 is 4.79 Å². The minimum absolute atomic E-state index is 0.211. The van der Waals surface area contributed by atoms with Gasteiger partial charge in [0.1, 0.15) is 5.78 Å². The number of imidazole rings is 2. The highest BCUT2D eigenvalue weighted by atomic mass is 16.1. The van der Waals surface area contributed by atoms with Gasteiger partial charge in [0, 0.05) is 47.5 Å². The first-order valence-electron chi connectivity index (χ1n) is 6.35. The van der Waals surface area contributed by atoms with Crippen molar-refractivity contribution >= 4 is 5.78 Å². The van der Waals surface area contributed by atoms with E-state index in [2.05, 4.69) is 19.9 Å². The van der Waals surface area contributed by atoms with Crippen molar-refractivity contribution in [3.8, 4) is 0 Å². The lowest BCUT2D eigenvalue weighted by Crippen LogP contribution is -2.06. The predicted octanol–water partition coefficient (Wildman–Crippen LogP) is 1.61. The molecule has 2 heterocycles. The molecular formula is C13H14N4O. The first kappa shape index (κ1) is 10.1. The van der Waals surface area contributed by atoms with Crippen molar-refractivity contribution in [2.45, 2.75) is 24.7 Å². The molecule has 2 aliphatic carbocycles. The highest BCUT2D eigenvalue weighted by molar-refractivity contribution is 5.90. The Morgan fingerprint density at radius 2 is 1.50 bits per heavy atom. The van der Waals surface area contributed by atoms with Gasteiger partial charge in [-0.3, -0.25) is 4.79 Å². The minimum atomic E-state index is 0.211. The van der Waals surface area contributed by atoms with Crippen LogP contribution in [0.15, 0.2) is 25.0 Å². The molecule has 4 unspecified atom stereocenters. The molecule has 2 saturated carbocycles. The normalized spacial score (nSPS) is 33.3. The topological polar surface area (TPSA) is 74.4 Å². The van der Waals surface area contributed by atoms with Crippen molar-refractivity contribution in [1.29, 1.82) is 0 Å². The molecule has 2 aliphatic rings. The number of ketones is 1. The maximum atomic E-state index is 12.3. The fourth-order valence-electron chi connectivity index (χ4n) is 2.92. The van der Waals surface area contributed by atoms with E-state index in [0.717, 1.165) is 24.2 Å². The number of rotatable bonds is 4. The van der Waals surface area contributed by atoms with Crippen molar-refractivity contribution in [1.82, 2.24) is 19.9 Å². The Morgan fingerprint density at radius 3 is 1.89 bits per heavy atom. The molecule has 0 radical (unpaired) electrons. The van der Waals surface area contributed by atoms with Crippen LogP contribution in [0.3, 0.4) is 0 Å². The molecule has 0 amide bonds. The number of aromatic nitrogens is 4. The van der Waals surface area contributed by atoms with E-state index in [4.69, 9.17) is 0 Å². The Bertz CT molecular complexity index is 510. The molecule has 5 heteroatoms. The highest BCUT2D eigenvalue weighted by Crippen LogP contribution is 2.55. The molecule has 2 aromatic rings. The van der Waals surface area contributed by atoms with Gasteiger partial charge in [-0.05, 0) is 12.8 Å². The molecule has 2 N–H and O–H groups in total. The SMILES string of the molecule is O=C(C1CC1c1cnc[nH]1)C1CC1c1cnc[nH]1. The van der Waals surface area contributed by atoms with Crippen molar-refractivity contribution in [2.75, 3.05) is 0 Å². The summed E-state index contributed by atoms with van der Waals surface area (Å²) in [5.41, 5.74) is 2.21. The van der Waals surface area contributed by atoms with Gasteiger partial charge in [0.15, 0.2) is 0 Å². The molecule has 92 valence electrons. The number of carbonyl (C=O) groups excluding carboxylic acids is 1.